The van der Waals surface area contributed by atoms with E-state index in [1.807, 2.05) is 37.3 Å². The predicted molar refractivity (Wildman–Crippen MR) is 87.3 cm³/mol. The van der Waals surface area contributed by atoms with Crippen molar-refractivity contribution in [2.45, 2.75) is 26.3 Å². The van der Waals surface area contributed by atoms with Crippen molar-refractivity contribution in [1.82, 2.24) is 4.98 Å². The lowest BCUT2D eigenvalue weighted by Gasteiger charge is -2.08. The van der Waals surface area contributed by atoms with E-state index in [1.54, 1.807) is 6.07 Å². The highest BCUT2D eigenvalue weighted by molar-refractivity contribution is 6.32. The first-order chi connectivity index (χ1) is 10.1. The summed E-state index contributed by atoms with van der Waals surface area (Å²) in [5.41, 5.74) is 2.54. The van der Waals surface area contributed by atoms with Crippen LogP contribution >= 0.6 is 23.2 Å². The molecule has 0 saturated heterocycles. The number of carbonyl (C=O) groups is 1. The summed E-state index contributed by atoms with van der Waals surface area (Å²) in [6.45, 7) is 2.54. The number of nitrogens with zero attached hydrogens (tertiary/aromatic N) is 1. The van der Waals surface area contributed by atoms with Crippen LogP contribution in [0, 0.1) is 0 Å². The van der Waals surface area contributed by atoms with E-state index in [1.165, 1.54) is 0 Å². The second-order valence-electron chi connectivity index (χ2n) is 4.69. The van der Waals surface area contributed by atoms with Crippen molar-refractivity contribution in [3.05, 3.63) is 57.8 Å². The Balaban J connectivity index is 1.99. The van der Waals surface area contributed by atoms with Crippen LogP contribution in [0.3, 0.4) is 0 Å². The van der Waals surface area contributed by atoms with Crippen LogP contribution in [-0.2, 0) is 6.54 Å². The third kappa shape index (κ3) is 4.45. The molecule has 0 saturated carbocycles. The van der Waals surface area contributed by atoms with E-state index in [9.17, 15) is 4.79 Å². The van der Waals surface area contributed by atoms with Gasteiger partial charge < -0.3 is 5.32 Å². The van der Waals surface area contributed by atoms with Gasteiger partial charge in [0.05, 0.1) is 0 Å². The summed E-state index contributed by atoms with van der Waals surface area (Å²) in [4.78, 5) is 15.7. The average molecular weight is 323 g/mol. The van der Waals surface area contributed by atoms with Crippen molar-refractivity contribution in [2.75, 3.05) is 5.32 Å². The van der Waals surface area contributed by atoms with Crippen molar-refractivity contribution in [3.8, 4) is 0 Å². The monoisotopic (exact) mass is 322 g/mol. The van der Waals surface area contributed by atoms with E-state index < -0.39 is 0 Å². The largest absolute Gasteiger partial charge is 0.381 e. The Morgan fingerprint density at radius 1 is 1.14 bits per heavy atom. The molecule has 0 amide bonds. The number of benzene rings is 1. The van der Waals surface area contributed by atoms with Gasteiger partial charge in [0.1, 0.15) is 10.3 Å². The van der Waals surface area contributed by atoms with Gasteiger partial charge in [0.2, 0.25) is 0 Å². The Labute approximate surface area is 134 Å². The molecule has 2 aromatic rings. The number of aromatic nitrogens is 1. The zero-order chi connectivity index (χ0) is 15.2. The molecule has 3 nitrogen and oxygen atoms in total. The number of pyridine rings is 1. The van der Waals surface area contributed by atoms with Crippen molar-refractivity contribution >= 4 is 34.7 Å². The van der Waals surface area contributed by atoms with Crippen LogP contribution in [0.15, 0.2) is 36.4 Å². The topological polar surface area (TPSA) is 42.0 Å². The molecule has 21 heavy (non-hydrogen) atoms. The lowest BCUT2D eigenvalue weighted by molar-refractivity contribution is 0.0982. The van der Waals surface area contributed by atoms with Crippen molar-refractivity contribution in [2.24, 2.45) is 0 Å². The molecule has 2 rings (SSSR count). The zero-order valence-corrected chi connectivity index (χ0v) is 13.2. The molecule has 1 aromatic carbocycles. The first-order valence-electron chi connectivity index (χ1n) is 6.78. The Morgan fingerprint density at radius 2 is 1.86 bits per heavy atom. The summed E-state index contributed by atoms with van der Waals surface area (Å²) in [6.07, 6.45) is 1.44. The number of Topliss-reactive ketones (excluding diaryl/α,β-unsaturated/α-hetero) is 1. The van der Waals surface area contributed by atoms with Gasteiger partial charge in [-0.1, -0.05) is 36.2 Å². The van der Waals surface area contributed by atoms with Gasteiger partial charge in [-0.3, -0.25) is 4.79 Å². The molecule has 0 aliphatic carbocycles. The van der Waals surface area contributed by atoms with Crippen LogP contribution in [0.25, 0.3) is 0 Å². The maximum atomic E-state index is 11.8. The fraction of sp³-hybridized carbons (Fsp3) is 0.250. The van der Waals surface area contributed by atoms with Crippen LogP contribution in [-0.4, -0.2) is 10.8 Å². The molecular weight excluding hydrogens is 307 g/mol. The molecule has 1 N–H and O–H groups in total. The Hall–Kier alpha value is -1.58. The number of carbonyl (C=O) groups excluding carboxylic acids is 1. The summed E-state index contributed by atoms with van der Waals surface area (Å²) < 4.78 is 0. The highest BCUT2D eigenvalue weighted by Crippen LogP contribution is 2.19. The van der Waals surface area contributed by atoms with E-state index in [0.717, 1.165) is 23.2 Å². The minimum atomic E-state index is 0.175. The van der Waals surface area contributed by atoms with Crippen LogP contribution in [0.5, 0.6) is 0 Å². The quantitative estimate of drug-likeness (QED) is 0.602. The Kier molecular flexibility index (Phi) is 5.59. The fourth-order valence-electron chi connectivity index (χ4n) is 1.92. The van der Waals surface area contributed by atoms with Crippen molar-refractivity contribution < 1.29 is 4.79 Å². The molecule has 0 unspecified atom stereocenters. The lowest BCUT2D eigenvalue weighted by Crippen LogP contribution is -2.02. The second kappa shape index (κ2) is 7.43. The normalized spacial score (nSPS) is 10.4. The molecule has 0 spiro atoms. The van der Waals surface area contributed by atoms with E-state index in [0.29, 0.717) is 23.3 Å². The number of hydrogen-bond donors (Lipinski definition) is 1. The average Bonchev–Trinajstić information content (AvgIpc) is 2.47. The summed E-state index contributed by atoms with van der Waals surface area (Å²) in [6, 6.07) is 11.0. The van der Waals surface area contributed by atoms with E-state index in [-0.39, 0.29) is 5.78 Å². The molecular formula is C16H16Cl2N2O. The summed E-state index contributed by atoms with van der Waals surface area (Å²) in [7, 11) is 0. The minimum Gasteiger partial charge on any atom is -0.381 e. The van der Waals surface area contributed by atoms with Gasteiger partial charge in [-0.2, -0.15) is 0 Å². The number of rotatable bonds is 6. The van der Waals surface area contributed by atoms with Gasteiger partial charge in [-0.05, 0) is 36.8 Å². The molecule has 110 valence electrons. The van der Waals surface area contributed by atoms with Gasteiger partial charge in [-0.15, -0.1) is 0 Å². The van der Waals surface area contributed by atoms with Crippen molar-refractivity contribution in [3.63, 3.8) is 0 Å². The molecule has 0 radical (unpaired) electrons. The van der Waals surface area contributed by atoms with Gasteiger partial charge in [0, 0.05) is 29.8 Å². The Morgan fingerprint density at radius 3 is 2.48 bits per heavy atom. The SMILES string of the molecule is CCCC(=O)c1ccc(NCc2ccc(Cl)nc2Cl)cc1. The highest BCUT2D eigenvalue weighted by Gasteiger charge is 2.05. The molecule has 0 atom stereocenters. The van der Waals surface area contributed by atoms with Gasteiger partial charge >= 0.3 is 0 Å². The van der Waals surface area contributed by atoms with Crippen LogP contribution in [0.4, 0.5) is 5.69 Å². The van der Waals surface area contributed by atoms with Gasteiger partial charge in [0.25, 0.3) is 0 Å². The predicted octanol–water partition coefficient (Wildman–Crippen LogP) is 4.98. The minimum absolute atomic E-state index is 0.175. The number of ketones is 1. The fourth-order valence-corrected chi connectivity index (χ4v) is 2.33. The van der Waals surface area contributed by atoms with Crippen LogP contribution in [0.2, 0.25) is 10.3 Å². The summed E-state index contributed by atoms with van der Waals surface area (Å²) in [5, 5.41) is 4.01. The zero-order valence-electron chi connectivity index (χ0n) is 11.7. The van der Waals surface area contributed by atoms with Gasteiger partial charge in [0.15, 0.2) is 5.78 Å². The second-order valence-corrected chi connectivity index (χ2v) is 5.43. The maximum absolute atomic E-state index is 11.8. The van der Waals surface area contributed by atoms with E-state index in [4.69, 9.17) is 23.2 Å². The van der Waals surface area contributed by atoms with Gasteiger partial charge in [-0.25, -0.2) is 4.98 Å². The first-order valence-corrected chi connectivity index (χ1v) is 7.54. The number of nitrogens with one attached hydrogen (secondary N) is 1. The number of hydrogen-bond acceptors (Lipinski definition) is 3. The van der Waals surface area contributed by atoms with Crippen LogP contribution < -0.4 is 5.32 Å². The molecule has 1 aromatic heterocycles. The molecule has 0 aliphatic heterocycles. The third-order valence-corrected chi connectivity index (χ3v) is 3.60. The molecule has 0 fully saturated rings. The molecule has 1 heterocycles. The Bertz CT molecular complexity index is 627. The number of anilines is 1. The van der Waals surface area contributed by atoms with E-state index >= 15 is 0 Å². The van der Waals surface area contributed by atoms with Crippen molar-refractivity contribution in [1.29, 1.82) is 0 Å². The lowest BCUT2D eigenvalue weighted by atomic mass is 10.1. The molecule has 5 heteroatoms. The van der Waals surface area contributed by atoms with Crippen LogP contribution in [0.1, 0.15) is 35.7 Å². The standard InChI is InChI=1S/C16H16Cl2N2O/c1-2-3-14(21)11-4-7-13(8-5-11)19-10-12-6-9-15(17)20-16(12)18/h4-9,19H,2-3,10H2,1H3. The summed E-state index contributed by atoms with van der Waals surface area (Å²) >= 11 is 11.8. The summed E-state index contributed by atoms with van der Waals surface area (Å²) in [5.74, 6) is 0.175. The number of halogens is 2. The molecule has 0 bridgehead atoms. The maximum Gasteiger partial charge on any atom is 0.162 e. The third-order valence-electron chi connectivity index (χ3n) is 3.06. The van der Waals surface area contributed by atoms with E-state index in [2.05, 4.69) is 10.3 Å². The first kappa shape index (κ1) is 15.8. The smallest absolute Gasteiger partial charge is 0.162 e. The highest BCUT2D eigenvalue weighted by atomic mass is 35.5. The molecule has 0 aliphatic rings.